The minimum Gasteiger partial charge on any atom is -0.357 e. The van der Waals surface area contributed by atoms with E-state index in [1.807, 2.05) is 17.0 Å². The Bertz CT molecular complexity index is 1080. The average Bonchev–Trinajstić information content (AvgIpc) is 3.33. The molecule has 2 amide bonds. The quantitative estimate of drug-likeness (QED) is 0.746. The first-order valence-electron chi connectivity index (χ1n) is 11.2. The fraction of sp³-hybridized carbons (Fsp3) is 0.458. The van der Waals surface area contributed by atoms with Gasteiger partial charge in [-0.2, -0.15) is 0 Å². The lowest BCUT2D eigenvalue weighted by Gasteiger charge is -2.42. The monoisotopic (exact) mass is 420 g/mol. The summed E-state index contributed by atoms with van der Waals surface area (Å²) in [5.74, 6) is 0.0340. The second-order valence-corrected chi connectivity index (χ2v) is 8.97. The Kier molecular flexibility index (Phi) is 5.26. The SMILES string of the molecule is O=C(NCC1=CCCCC1)c1ccc2n(c1=O)C[C@H]1C[C@@H]2CN(C(=O)c2ccc[nH]2)C1. The van der Waals surface area contributed by atoms with Gasteiger partial charge in [0.25, 0.3) is 17.4 Å². The van der Waals surface area contributed by atoms with Crippen LogP contribution >= 0.6 is 0 Å². The van der Waals surface area contributed by atoms with Crippen molar-refractivity contribution in [3.8, 4) is 0 Å². The number of hydrogen-bond acceptors (Lipinski definition) is 3. The second-order valence-electron chi connectivity index (χ2n) is 8.97. The molecule has 3 aliphatic rings. The summed E-state index contributed by atoms with van der Waals surface area (Å²) in [6, 6.07) is 7.17. The maximum Gasteiger partial charge on any atom is 0.270 e. The Labute approximate surface area is 181 Å². The number of carbonyl (C=O) groups is 2. The van der Waals surface area contributed by atoms with Crippen LogP contribution in [0.15, 0.2) is 46.9 Å². The maximum absolute atomic E-state index is 13.1. The number of piperidine rings is 1. The van der Waals surface area contributed by atoms with Crippen molar-refractivity contribution < 1.29 is 9.59 Å². The van der Waals surface area contributed by atoms with Gasteiger partial charge in [0.05, 0.1) is 0 Å². The molecule has 7 nitrogen and oxygen atoms in total. The predicted molar refractivity (Wildman–Crippen MR) is 117 cm³/mol. The van der Waals surface area contributed by atoms with E-state index in [-0.39, 0.29) is 34.8 Å². The number of carbonyl (C=O) groups excluding carboxylic acids is 2. The molecule has 5 rings (SSSR count). The van der Waals surface area contributed by atoms with Gasteiger partial charge in [0.2, 0.25) is 0 Å². The molecule has 0 saturated carbocycles. The van der Waals surface area contributed by atoms with Crippen molar-refractivity contribution in [1.29, 1.82) is 0 Å². The fourth-order valence-electron chi connectivity index (χ4n) is 5.27. The summed E-state index contributed by atoms with van der Waals surface area (Å²) in [7, 11) is 0. The molecule has 7 heteroatoms. The molecule has 0 radical (unpaired) electrons. The first-order chi connectivity index (χ1) is 15.1. The van der Waals surface area contributed by atoms with Crippen molar-refractivity contribution in [1.82, 2.24) is 19.8 Å². The molecule has 4 heterocycles. The molecule has 2 aliphatic heterocycles. The zero-order valence-corrected chi connectivity index (χ0v) is 17.6. The Hall–Kier alpha value is -3.09. The highest BCUT2D eigenvalue weighted by Gasteiger charge is 2.37. The van der Waals surface area contributed by atoms with E-state index in [4.69, 9.17) is 0 Å². The number of rotatable bonds is 4. The number of nitrogens with one attached hydrogen (secondary N) is 2. The third-order valence-corrected chi connectivity index (χ3v) is 6.83. The lowest BCUT2D eigenvalue weighted by atomic mass is 9.83. The predicted octanol–water partition coefficient (Wildman–Crippen LogP) is 2.67. The van der Waals surface area contributed by atoms with Crippen LogP contribution in [0.1, 0.15) is 64.6 Å². The van der Waals surface area contributed by atoms with Crippen LogP contribution in [0.2, 0.25) is 0 Å². The summed E-state index contributed by atoms with van der Waals surface area (Å²) in [6.07, 6.45) is 9.38. The number of likely N-dealkylation sites (tertiary alicyclic amines) is 1. The molecule has 1 saturated heterocycles. The van der Waals surface area contributed by atoms with E-state index in [0.717, 1.165) is 31.4 Å². The van der Waals surface area contributed by atoms with Gasteiger partial charge in [-0.05, 0) is 62.3 Å². The van der Waals surface area contributed by atoms with Gasteiger partial charge in [-0.1, -0.05) is 11.6 Å². The topological polar surface area (TPSA) is 87.2 Å². The van der Waals surface area contributed by atoms with Gasteiger partial charge < -0.3 is 19.8 Å². The van der Waals surface area contributed by atoms with E-state index in [1.54, 1.807) is 22.9 Å². The number of pyridine rings is 1. The number of hydrogen-bond donors (Lipinski definition) is 2. The zero-order valence-electron chi connectivity index (χ0n) is 17.6. The van der Waals surface area contributed by atoms with Crippen LogP contribution in [0.25, 0.3) is 0 Å². The molecule has 2 N–H and O–H groups in total. The minimum absolute atomic E-state index is 0.00325. The summed E-state index contributed by atoms with van der Waals surface area (Å²) in [4.78, 5) is 43.5. The van der Waals surface area contributed by atoms with Crippen molar-refractivity contribution in [2.75, 3.05) is 19.6 Å². The van der Waals surface area contributed by atoms with Gasteiger partial charge in [-0.15, -0.1) is 0 Å². The highest BCUT2D eigenvalue weighted by atomic mass is 16.2. The number of aromatic amines is 1. The molecule has 0 unspecified atom stereocenters. The lowest BCUT2D eigenvalue weighted by Crippen LogP contribution is -2.50. The Morgan fingerprint density at radius 2 is 2.03 bits per heavy atom. The zero-order chi connectivity index (χ0) is 21.4. The van der Waals surface area contributed by atoms with Crippen LogP contribution in [-0.4, -0.2) is 45.9 Å². The summed E-state index contributed by atoms with van der Waals surface area (Å²) in [5.41, 5.74) is 2.76. The van der Waals surface area contributed by atoms with Crippen LogP contribution in [0, 0.1) is 5.92 Å². The third-order valence-electron chi connectivity index (χ3n) is 6.83. The summed E-state index contributed by atoms with van der Waals surface area (Å²) in [5, 5.41) is 2.93. The molecule has 2 aromatic heterocycles. The maximum atomic E-state index is 13.1. The van der Waals surface area contributed by atoms with Crippen LogP contribution in [0.4, 0.5) is 0 Å². The van der Waals surface area contributed by atoms with E-state index >= 15 is 0 Å². The van der Waals surface area contributed by atoms with Gasteiger partial charge >= 0.3 is 0 Å². The molecule has 2 aromatic rings. The van der Waals surface area contributed by atoms with Crippen molar-refractivity contribution in [3.63, 3.8) is 0 Å². The van der Waals surface area contributed by atoms with Crippen LogP contribution in [-0.2, 0) is 6.54 Å². The molecule has 2 atom stereocenters. The van der Waals surface area contributed by atoms with Crippen molar-refractivity contribution in [3.05, 3.63) is 69.4 Å². The minimum atomic E-state index is -0.300. The normalized spacial score (nSPS) is 22.5. The summed E-state index contributed by atoms with van der Waals surface area (Å²) < 4.78 is 1.77. The van der Waals surface area contributed by atoms with Crippen molar-refractivity contribution >= 4 is 11.8 Å². The fourth-order valence-corrected chi connectivity index (χ4v) is 5.27. The highest BCUT2D eigenvalue weighted by Crippen LogP contribution is 2.35. The molecule has 0 spiro atoms. The molecule has 0 aromatic carbocycles. The largest absolute Gasteiger partial charge is 0.357 e. The van der Waals surface area contributed by atoms with E-state index in [0.29, 0.717) is 31.9 Å². The Morgan fingerprint density at radius 3 is 2.81 bits per heavy atom. The first-order valence-corrected chi connectivity index (χ1v) is 11.2. The van der Waals surface area contributed by atoms with Gasteiger partial charge in [0, 0.05) is 44.0 Å². The van der Waals surface area contributed by atoms with Gasteiger partial charge in [0.15, 0.2) is 0 Å². The summed E-state index contributed by atoms with van der Waals surface area (Å²) >= 11 is 0. The van der Waals surface area contributed by atoms with Gasteiger partial charge in [0.1, 0.15) is 11.3 Å². The molecular formula is C24H28N4O3. The highest BCUT2D eigenvalue weighted by molar-refractivity contribution is 5.94. The number of amides is 2. The van der Waals surface area contributed by atoms with E-state index in [2.05, 4.69) is 16.4 Å². The van der Waals surface area contributed by atoms with Crippen LogP contribution < -0.4 is 10.9 Å². The standard InChI is InChI=1S/C24H28N4O3/c29-22(26-12-16-5-2-1-3-6-16)19-8-9-21-18-11-17(14-28(21)23(19)30)13-27(15-18)24(31)20-7-4-10-25-20/h4-5,7-10,17-18,25H,1-3,6,11-15H2,(H,26,29)/t17-,18+/m0/s1. The molecule has 1 fully saturated rings. The number of fused-ring (bicyclic) bond motifs is 4. The number of allylic oxidation sites excluding steroid dienone is 1. The van der Waals surface area contributed by atoms with Crippen LogP contribution in [0.3, 0.4) is 0 Å². The second kappa shape index (κ2) is 8.21. The molecule has 2 bridgehead atoms. The smallest absolute Gasteiger partial charge is 0.270 e. The molecule has 162 valence electrons. The first kappa shape index (κ1) is 19.8. The van der Waals surface area contributed by atoms with Gasteiger partial charge in [-0.25, -0.2) is 0 Å². The number of H-pyrrole nitrogens is 1. The third kappa shape index (κ3) is 3.84. The van der Waals surface area contributed by atoms with E-state index < -0.39 is 0 Å². The van der Waals surface area contributed by atoms with E-state index in [9.17, 15) is 14.4 Å². The molecule has 1 aliphatic carbocycles. The number of nitrogens with zero attached hydrogens (tertiary/aromatic N) is 2. The lowest BCUT2D eigenvalue weighted by molar-refractivity contribution is 0.0589. The molecule has 31 heavy (non-hydrogen) atoms. The van der Waals surface area contributed by atoms with Crippen LogP contribution in [0.5, 0.6) is 0 Å². The molecular weight excluding hydrogens is 392 g/mol. The Morgan fingerprint density at radius 1 is 1.13 bits per heavy atom. The average molecular weight is 421 g/mol. The summed E-state index contributed by atoms with van der Waals surface area (Å²) in [6.45, 7) is 2.28. The van der Waals surface area contributed by atoms with E-state index in [1.165, 1.54) is 12.0 Å². The number of aromatic nitrogens is 2. The van der Waals surface area contributed by atoms with Crippen molar-refractivity contribution in [2.45, 2.75) is 44.6 Å². The van der Waals surface area contributed by atoms with Gasteiger partial charge in [-0.3, -0.25) is 14.4 Å². The van der Waals surface area contributed by atoms with Crippen molar-refractivity contribution in [2.24, 2.45) is 5.92 Å². The Balaban J connectivity index is 1.33.